The number of anilines is 2. The van der Waals surface area contributed by atoms with Gasteiger partial charge in [-0.05, 0) is 106 Å². The Morgan fingerprint density at radius 2 is 1.67 bits per heavy atom. The van der Waals surface area contributed by atoms with Crippen molar-refractivity contribution in [1.29, 1.82) is 0 Å². The Kier molecular flexibility index (Phi) is 5.35. The lowest BCUT2D eigenvalue weighted by molar-refractivity contribution is 0.256. The van der Waals surface area contributed by atoms with Crippen molar-refractivity contribution in [3.8, 4) is 0 Å². The molecule has 6 heteroatoms. The fourth-order valence-corrected chi connectivity index (χ4v) is 5.84. The van der Waals surface area contributed by atoms with Crippen molar-refractivity contribution in [3.05, 3.63) is 53.9 Å². The van der Waals surface area contributed by atoms with Crippen molar-refractivity contribution in [1.82, 2.24) is 24.8 Å². The summed E-state index contributed by atoms with van der Waals surface area (Å²) in [5, 5.41) is 9.65. The first kappa shape index (κ1) is 20.8. The van der Waals surface area contributed by atoms with Crippen LogP contribution in [0.3, 0.4) is 0 Å². The molecule has 6 nitrogen and oxygen atoms in total. The SMILES string of the molecule is CN1CCC(c2cn(C)c3nc(Nc4ccc5c(C6CCNCC6)c[nH]c5c4)ccc23)CC1. The number of benzene rings is 1. The second kappa shape index (κ2) is 8.50. The predicted octanol–water partition coefficient (Wildman–Crippen LogP) is 5.07. The van der Waals surface area contributed by atoms with Gasteiger partial charge >= 0.3 is 0 Å². The van der Waals surface area contributed by atoms with Crippen molar-refractivity contribution in [2.24, 2.45) is 7.05 Å². The molecule has 3 aromatic heterocycles. The monoisotopic (exact) mass is 442 g/mol. The molecule has 0 spiro atoms. The fourth-order valence-electron chi connectivity index (χ4n) is 5.84. The minimum absolute atomic E-state index is 0.634. The maximum absolute atomic E-state index is 4.98. The quantitative estimate of drug-likeness (QED) is 0.413. The molecular weight excluding hydrogens is 408 g/mol. The Hall–Kier alpha value is -2.83. The molecule has 1 aromatic carbocycles. The van der Waals surface area contributed by atoms with Gasteiger partial charge in [-0.15, -0.1) is 0 Å². The van der Waals surface area contributed by atoms with Gasteiger partial charge in [0.1, 0.15) is 11.5 Å². The third kappa shape index (κ3) is 3.91. The summed E-state index contributed by atoms with van der Waals surface area (Å²) in [5.41, 5.74) is 6.24. The minimum atomic E-state index is 0.634. The van der Waals surface area contributed by atoms with E-state index in [1.807, 2.05) is 0 Å². The highest BCUT2D eigenvalue weighted by molar-refractivity contribution is 5.88. The van der Waals surface area contributed by atoms with Gasteiger partial charge in [-0.2, -0.15) is 0 Å². The van der Waals surface area contributed by atoms with Crippen LogP contribution in [0.2, 0.25) is 0 Å². The second-order valence-electron chi connectivity index (χ2n) is 9.99. The third-order valence-electron chi connectivity index (χ3n) is 7.78. The number of nitrogens with zero attached hydrogens (tertiary/aromatic N) is 3. The van der Waals surface area contributed by atoms with Gasteiger partial charge in [0.05, 0.1) is 0 Å². The van der Waals surface area contributed by atoms with Crippen LogP contribution in [0.4, 0.5) is 11.5 Å². The smallest absolute Gasteiger partial charge is 0.142 e. The molecule has 0 radical (unpaired) electrons. The van der Waals surface area contributed by atoms with Crippen molar-refractivity contribution >= 4 is 33.4 Å². The van der Waals surface area contributed by atoms with E-state index in [9.17, 15) is 0 Å². The van der Waals surface area contributed by atoms with Gasteiger partial charge in [-0.1, -0.05) is 6.07 Å². The van der Waals surface area contributed by atoms with Gasteiger partial charge in [0.15, 0.2) is 0 Å². The molecule has 4 aromatic rings. The number of H-pyrrole nitrogens is 1. The molecule has 2 aliphatic rings. The number of piperidine rings is 2. The molecule has 0 saturated carbocycles. The van der Waals surface area contributed by atoms with Crippen molar-refractivity contribution < 1.29 is 0 Å². The molecule has 0 atom stereocenters. The van der Waals surface area contributed by atoms with Crippen LogP contribution < -0.4 is 10.6 Å². The van der Waals surface area contributed by atoms with Crippen LogP contribution in [0.1, 0.15) is 48.6 Å². The molecule has 172 valence electrons. The van der Waals surface area contributed by atoms with E-state index in [1.165, 1.54) is 66.2 Å². The van der Waals surface area contributed by atoms with E-state index in [-0.39, 0.29) is 0 Å². The molecular formula is C27H34N6. The molecule has 5 heterocycles. The Balaban J connectivity index is 1.25. The number of aromatic amines is 1. The van der Waals surface area contributed by atoms with E-state index in [4.69, 9.17) is 4.98 Å². The topological polar surface area (TPSA) is 60.9 Å². The molecule has 0 aliphatic carbocycles. The summed E-state index contributed by atoms with van der Waals surface area (Å²) in [6, 6.07) is 11.0. The lowest BCUT2D eigenvalue weighted by Crippen LogP contribution is -2.29. The number of hydrogen-bond donors (Lipinski definition) is 3. The molecule has 33 heavy (non-hydrogen) atoms. The molecule has 0 unspecified atom stereocenters. The predicted molar refractivity (Wildman–Crippen MR) is 137 cm³/mol. The summed E-state index contributed by atoms with van der Waals surface area (Å²) in [5.74, 6) is 2.18. The summed E-state index contributed by atoms with van der Waals surface area (Å²) < 4.78 is 2.19. The number of fused-ring (bicyclic) bond motifs is 2. The van der Waals surface area contributed by atoms with Gasteiger partial charge in [0.2, 0.25) is 0 Å². The van der Waals surface area contributed by atoms with Crippen LogP contribution >= 0.6 is 0 Å². The lowest BCUT2D eigenvalue weighted by Gasteiger charge is -2.28. The lowest BCUT2D eigenvalue weighted by atomic mass is 9.90. The van der Waals surface area contributed by atoms with E-state index >= 15 is 0 Å². The Morgan fingerprint density at radius 3 is 2.48 bits per heavy atom. The summed E-state index contributed by atoms with van der Waals surface area (Å²) in [6.45, 7) is 4.58. The number of rotatable bonds is 4. The minimum Gasteiger partial charge on any atom is -0.361 e. The number of likely N-dealkylation sites (tertiary alicyclic amines) is 1. The zero-order valence-corrected chi connectivity index (χ0v) is 19.7. The van der Waals surface area contributed by atoms with Crippen molar-refractivity contribution in [2.75, 3.05) is 38.5 Å². The summed E-state index contributed by atoms with van der Waals surface area (Å²) in [4.78, 5) is 10.9. The molecule has 2 aliphatic heterocycles. The Labute approximate surface area is 195 Å². The number of aromatic nitrogens is 3. The highest BCUT2D eigenvalue weighted by Crippen LogP contribution is 2.35. The van der Waals surface area contributed by atoms with Crippen LogP contribution in [-0.4, -0.2) is 52.7 Å². The molecule has 2 saturated heterocycles. The van der Waals surface area contributed by atoms with E-state index in [1.54, 1.807) is 0 Å². The number of pyridine rings is 1. The molecule has 2 fully saturated rings. The second-order valence-corrected chi connectivity index (χ2v) is 9.99. The molecule has 6 rings (SSSR count). The summed E-state index contributed by atoms with van der Waals surface area (Å²) in [6.07, 6.45) is 9.39. The van der Waals surface area contributed by atoms with Crippen LogP contribution in [0.25, 0.3) is 21.9 Å². The van der Waals surface area contributed by atoms with Gasteiger partial charge in [-0.3, -0.25) is 0 Å². The van der Waals surface area contributed by atoms with Gasteiger partial charge in [0, 0.05) is 41.4 Å². The first-order valence-electron chi connectivity index (χ1n) is 12.4. The highest BCUT2D eigenvalue weighted by atomic mass is 15.1. The normalized spacial score (nSPS) is 19.0. The van der Waals surface area contributed by atoms with Crippen LogP contribution in [-0.2, 0) is 7.05 Å². The first-order chi connectivity index (χ1) is 16.2. The van der Waals surface area contributed by atoms with E-state index in [0.717, 1.165) is 30.2 Å². The number of hydrogen-bond acceptors (Lipinski definition) is 4. The molecule has 3 N–H and O–H groups in total. The van der Waals surface area contributed by atoms with Crippen molar-refractivity contribution in [3.63, 3.8) is 0 Å². The Morgan fingerprint density at radius 1 is 0.909 bits per heavy atom. The summed E-state index contributed by atoms with van der Waals surface area (Å²) in [7, 11) is 4.34. The van der Waals surface area contributed by atoms with Gasteiger partial charge < -0.3 is 25.1 Å². The maximum Gasteiger partial charge on any atom is 0.142 e. The molecule has 0 bridgehead atoms. The molecule has 0 amide bonds. The largest absolute Gasteiger partial charge is 0.361 e. The average molecular weight is 443 g/mol. The van der Waals surface area contributed by atoms with Crippen molar-refractivity contribution in [2.45, 2.75) is 37.5 Å². The van der Waals surface area contributed by atoms with E-state index in [0.29, 0.717) is 11.8 Å². The first-order valence-corrected chi connectivity index (χ1v) is 12.4. The summed E-state index contributed by atoms with van der Waals surface area (Å²) >= 11 is 0. The third-order valence-corrected chi connectivity index (χ3v) is 7.78. The number of aryl methyl sites for hydroxylation is 1. The van der Waals surface area contributed by atoms with Gasteiger partial charge in [0.25, 0.3) is 0 Å². The average Bonchev–Trinajstić information content (AvgIpc) is 3.41. The highest BCUT2D eigenvalue weighted by Gasteiger charge is 2.22. The maximum atomic E-state index is 4.98. The van der Waals surface area contributed by atoms with Crippen LogP contribution in [0.5, 0.6) is 0 Å². The van der Waals surface area contributed by atoms with Gasteiger partial charge in [-0.25, -0.2) is 4.98 Å². The standard InChI is InChI=1S/C27H34N6/c1-32-13-9-19(10-14-32)24-17-33(2)27-22(24)5-6-26(31-27)30-20-3-4-21-23(16-29-25(21)15-20)18-7-11-28-12-8-18/h3-6,15-19,28-29H,7-14H2,1-2H3,(H,30,31). The van der Waals surface area contributed by atoms with Crippen LogP contribution in [0.15, 0.2) is 42.7 Å². The zero-order chi connectivity index (χ0) is 22.4. The van der Waals surface area contributed by atoms with Crippen LogP contribution in [0, 0.1) is 0 Å². The van der Waals surface area contributed by atoms with E-state index < -0.39 is 0 Å². The van der Waals surface area contributed by atoms with E-state index in [2.05, 4.69) is 81.9 Å². The Bertz CT molecular complexity index is 1270. The fraction of sp³-hybridized carbons (Fsp3) is 0.444. The zero-order valence-electron chi connectivity index (χ0n) is 19.7. The number of nitrogens with one attached hydrogen (secondary N) is 3.